The lowest BCUT2D eigenvalue weighted by Crippen LogP contribution is -2.20. The van der Waals surface area contributed by atoms with Gasteiger partial charge < -0.3 is 19.5 Å². The normalized spacial score (nSPS) is 10.1. The highest BCUT2D eigenvalue weighted by molar-refractivity contribution is 5.93. The number of nitrogens with zero attached hydrogens (tertiary/aromatic N) is 1. The van der Waals surface area contributed by atoms with Crippen molar-refractivity contribution in [2.75, 3.05) is 25.6 Å². The average Bonchev–Trinajstić information content (AvgIpc) is 2.72. The third kappa shape index (κ3) is 6.49. The van der Waals surface area contributed by atoms with Crippen molar-refractivity contribution in [3.05, 3.63) is 58.1 Å². The van der Waals surface area contributed by atoms with E-state index in [0.29, 0.717) is 17.9 Å². The van der Waals surface area contributed by atoms with Crippen LogP contribution in [0.15, 0.2) is 42.5 Å². The Morgan fingerprint density at radius 1 is 1.14 bits per heavy atom. The molecule has 1 N–H and O–H groups in total. The number of ether oxygens (including phenoxy) is 3. The lowest BCUT2D eigenvalue weighted by molar-refractivity contribution is -0.385. The molecule has 154 valence electrons. The third-order valence-electron chi connectivity index (χ3n) is 3.85. The molecule has 0 bridgehead atoms. The van der Waals surface area contributed by atoms with Gasteiger partial charge in [-0.05, 0) is 36.8 Å². The van der Waals surface area contributed by atoms with Crippen LogP contribution in [-0.2, 0) is 9.53 Å². The summed E-state index contributed by atoms with van der Waals surface area (Å²) in [5, 5.41) is 13.5. The molecule has 0 fully saturated rings. The summed E-state index contributed by atoms with van der Waals surface area (Å²) < 4.78 is 15.4. The first kappa shape index (κ1) is 21.7. The van der Waals surface area contributed by atoms with E-state index < -0.39 is 16.8 Å². The maximum absolute atomic E-state index is 12.0. The molecule has 2 aromatic rings. The highest BCUT2D eigenvalue weighted by atomic mass is 16.6. The molecule has 0 heterocycles. The molecule has 0 saturated heterocycles. The van der Waals surface area contributed by atoms with Crippen molar-refractivity contribution in [3.8, 4) is 11.5 Å². The monoisotopic (exact) mass is 402 g/mol. The van der Waals surface area contributed by atoms with Crippen LogP contribution in [0.3, 0.4) is 0 Å². The van der Waals surface area contributed by atoms with Gasteiger partial charge >= 0.3 is 11.7 Å². The predicted molar refractivity (Wildman–Crippen MR) is 105 cm³/mol. The number of hydrogen-bond acceptors (Lipinski definition) is 7. The van der Waals surface area contributed by atoms with Crippen LogP contribution in [0.2, 0.25) is 0 Å². The number of benzene rings is 2. The van der Waals surface area contributed by atoms with Gasteiger partial charge in [0.25, 0.3) is 5.91 Å². The van der Waals surface area contributed by atoms with Crippen LogP contribution in [0.5, 0.6) is 11.5 Å². The van der Waals surface area contributed by atoms with Crippen LogP contribution in [0, 0.1) is 10.1 Å². The number of carbonyl (C=O) groups excluding carboxylic acids is 2. The summed E-state index contributed by atoms with van der Waals surface area (Å²) >= 11 is 0. The molecule has 0 aromatic heterocycles. The van der Waals surface area contributed by atoms with Crippen LogP contribution in [-0.4, -0.2) is 37.1 Å². The molecule has 2 aromatic carbocycles. The highest BCUT2D eigenvalue weighted by Gasteiger charge is 2.16. The Labute approximate surface area is 167 Å². The Hall–Kier alpha value is -3.62. The first-order valence-electron chi connectivity index (χ1n) is 8.97. The van der Waals surface area contributed by atoms with Crippen molar-refractivity contribution in [2.45, 2.75) is 19.8 Å². The molecule has 0 radical (unpaired) electrons. The summed E-state index contributed by atoms with van der Waals surface area (Å²) in [6, 6.07) is 10.3. The number of anilines is 1. The third-order valence-corrected chi connectivity index (χ3v) is 3.85. The van der Waals surface area contributed by atoms with E-state index in [1.54, 1.807) is 24.3 Å². The van der Waals surface area contributed by atoms with Crippen molar-refractivity contribution in [1.82, 2.24) is 0 Å². The second-order valence-electron chi connectivity index (χ2n) is 5.99. The Morgan fingerprint density at radius 2 is 1.86 bits per heavy atom. The number of unbranched alkanes of at least 4 members (excludes halogenated alkanes) is 1. The maximum Gasteiger partial charge on any atom is 0.338 e. The number of carbonyl (C=O) groups is 2. The van der Waals surface area contributed by atoms with Gasteiger partial charge in [-0.25, -0.2) is 4.79 Å². The number of amides is 1. The Morgan fingerprint density at radius 3 is 2.48 bits per heavy atom. The standard InChI is InChI=1S/C20H22N2O7/c1-3-4-11-28-20(24)14-5-7-15(8-6-14)21-19(23)13-29-16-9-10-17(22(25)26)18(12-16)27-2/h5-10,12H,3-4,11,13H2,1-2H3,(H,21,23). The van der Waals surface area contributed by atoms with Crippen molar-refractivity contribution in [3.63, 3.8) is 0 Å². The summed E-state index contributed by atoms with van der Waals surface area (Å²) in [6.45, 7) is 2.08. The Bertz CT molecular complexity index is 866. The van der Waals surface area contributed by atoms with Gasteiger partial charge in [0.05, 0.1) is 24.2 Å². The van der Waals surface area contributed by atoms with E-state index in [1.807, 2.05) is 6.92 Å². The van der Waals surface area contributed by atoms with E-state index in [0.717, 1.165) is 12.8 Å². The topological polar surface area (TPSA) is 117 Å². The lowest BCUT2D eigenvalue weighted by atomic mass is 10.2. The lowest BCUT2D eigenvalue weighted by Gasteiger charge is -2.09. The van der Waals surface area contributed by atoms with Crippen LogP contribution in [0.1, 0.15) is 30.1 Å². The molecule has 0 aliphatic rings. The molecule has 29 heavy (non-hydrogen) atoms. The van der Waals surface area contributed by atoms with Crippen LogP contribution >= 0.6 is 0 Å². The SMILES string of the molecule is CCCCOC(=O)c1ccc(NC(=O)COc2ccc([N+](=O)[O-])c(OC)c2)cc1. The van der Waals surface area contributed by atoms with Crippen molar-refractivity contribution < 1.29 is 28.7 Å². The number of hydrogen-bond donors (Lipinski definition) is 1. The second kappa shape index (κ2) is 10.6. The number of nitro groups is 1. The molecule has 0 unspecified atom stereocenters. The van der Waals surface area contributed by atoms with Gasteiger partial charge in [-0.3, -0.25) is 14.9 Å². The van der Waals surface area contributed by atoms with Crippen LogP contribution in [0.4, 0.5) is 11.4 Å². The smallest absolute Gasteiger partial charge is 0.338 e. The number of rotatable bonds is 10. The van der Waals surface area contributed by atoms with Gasteiger partial charge in [-0.1, -0.05) is 13.3 Å². The van der Waals surface area contributed by atoms with Gasteiger partial charge in [0.15, 0.2) is 6.61 Å². The zero-order valence-electron chi connectivity index (χ0n) is 16.2. The van der Waals surface area contributed by atoms with E-state index in [4.69, 9.17) is 14.2 Å². The minimum Gasteiger partial charge on any atom is -0.490 e. The van der Waals surface area contributed by atoms with Gasteiger partial charge in [0.2, 0.25) is 5.75 Å². The van der Waals surface area contributed by atoms with E-state index in [-0.39, 0.29) is 23.8 Å². The first-order chi connectivity index (χ1) is 13.9. The molecular weight excluding hydrogens is 380 g/mol. The maximum atomic E-state index is 12.0. The molecule has 9 heteroatoms. The molecule has 0 saturated carbocycles. The summed E-state index contributed by atoms with van der Waals surface area (Å²) in [5.41, 5.74) is 0.691. The second-order valence-corrected chi connectivity index (χ2v) is 5.99. The van der Waals surface area contributed by atoms with Gasteiger partial charge in [-0.2, -0.15) is 0 Å². The summed E-state index contributed by atoms with van der Waals surface area (Å²) in [7, 11) is 1.31. The van der Waals surface area contributed by atoms with Crippen molar-refractivity contribution in [1.29, 1.82) is 0 Å². The molecule has 0 aliphatic heterocycles. The average molecular weight is 402 g/mol. The van der Waals surface area contributed by atoms with Crippen LogP contribution < -0.4 is 14.8 Å². The molecule has 2 rings (SSSR count). The quantitative estimate of drug-likeness (QED) is 0.279. The predicted octanol–water partition coefficient (Wildman–Crippen LogP) is 3.58. The summed E-state index contributed by atoms with van der Waals surface area (Å²) in [4.78, 5) is 34.2. The van der Waals surface area contributed by atoms with Crippen molar-refractivity contribution in [2.24, 2.45) is 0 Å². The van der Waals surface area contributed by atoms with E-state index in [2.05, 4.69) is 5.32 Å². The number of methoxy groups -OCH3 is 1. The minimum atomic E-state index is -0.571. The van der Waals surface area contributed by atoms with E-state index in [9.17, 15) is 19.7 Å². The van der Waals surface area contributed by atoms with Gasteiger partial charge in [0, 0.05) is 17.8 Å². The Balaban J connectivity index is 1.88. The number of nitro benzene ring substituents is 1. The van der Waals surface area contributed by atoms with Gasteiger partial charge in [-0.15, -0.1) is 0 Å². The summed E-state index contributed by atoms with van der Waals surface area (Å²) in [5.74, 6) is -0.547. The first-order valence-corrected chi connectivity index (χ1v) is 8.97. The zero-order valence-corrected chi connectivity index (χ0v) is 16.2. The molecule has 0 atom stereocenters. The van der Waals surface area contributed by atoms with Gasteiger partial charge in [0.1, 0.15) is 5.75 Å². The van der Waals surface area contributed by atoms with Crippen LogP contribution in [0.25, 0.3) is 0 Å². The molecule has 0 aliphatic carbocycles. The molecule has 0 spiro atoms. The van der Waals surface area contributed by atoms with E-state index in [1.165, 1.54) is 25.3 Å². The van der Waals surface area contributed by atoms with Crippen molar-refractivity contribution >= 4 is 23.3 Å². The fraction of sp³-hybridized carbons (Fsp3) is 0.300. The Kier molecular flexibility index (Phi) is 7.96. The highest BCUT2D eigenvalue weighted by Crippen LogP contribution is 2.30. The molecular formula is C20H22N2O7. The van der Waals surface area contributed by atoms with E-state index >= 15 is 0 Å². The fourth-order valence-electron chi connectivity index (χ4n) is 2.33. The minimum absolute atomic E-state index is 0.0364. The zero-order chi connectivity index (χ0) is 21.2. The fourth-order valence-corrected chi connectivity index (χ4v) is 2.33. The number of esters is 1. The largest absolute Gasteiger partial charge is 0.490 e. The summed E-state index contributed by atoms with van der Waals surface area (Å²) in [6.07, 6.45) is 1.74. The molecule has 1 amide bonds. The number of nitrogens with one attached hydrogen (secondary N) is 1. The molecule has 9 nitrogen and oxygen atoms in total.